The molecule has 0 radical (unpaired) electrons. The van der Waals surface area contributed by atoms with E-state index < -0.39 is 10.1 Å². The Kier molecular flexibility index (Phi) is 7.68. The highest BCUT2D eigenvalue weighted by Crippen LogP contribution is 2.17. The Bertz CT molecular complexity index is 224. The third kappa shape index (κ3) is 10.3. The Morgan fingerprint density at radius 2 is 2.00 bits per heavy atom. The minimum atomic E-state index is -3.75. The second-order valence-electron chi connectivity index (χ2n) is 3.46. The van der Waals surface area contributed by atoms with E-state index in [4.69, 9.17) is 4.55 Å². The molecule has 0 fully saturated rings. The van der Waals surface area contributed by atoms with Gasteiger partial charge in [-0.3, -0.25) is 4.55 Å². The molecule has 1 unspecified atom stereocenters. The smallest absolute Gasteiger partial charge is 0.264 e. The molecule has 0 heterocycles. The van der Waals surface area contributed by atoms with Crippen LogP contribution < -0.4 is 0 Å². The standard InChI is InChI=1S/C9H20O3S2/c1-3-4-6-9(2)13-7-5-8-14(10,11)12/h9H,3-8H2,1-2H3,(H,10,11,12). The molecular formula is C9H20O3S2. The van der Waals surface area contributed by atoms with Crippen LogP contribution in [0.2, 0.25) is 0 Å². The second kappa shape index (κ2) is 7.54. The van der Waals surface area contributed by atoms with Crippen LogP contribution in [0.3, 0.4) is 0 Å². The summed E-state index contributed by atoms with van der Waals surface area (Å²) in [7, 11) is -3.75. The van der Waals surface area contributed by atoms with E-state index in [9.17, 15) is 8.42 Å². The second-order valence-corrected chi connectivity index (χ2v) is 6.58. The van der Waals surface area contributed by atoms with E-state index >= 15 is 0 Å². The maximum Gasteiger partial charge on any atom is 0.264 e. The fourth-order valence-electron chi connectivity index (χ4n) is 1.10. The summed E-state index contributed by atoms with van der Waals surface area (Å²) in [4.78, 5) is 0. The van der Waals surface area contributed by atoms with Crippen molar-refractivity contribution in [2.45, 2.75) is 44.8 Å². The van der Waals surface area contributed by atoms with Crippen molar-refractivity contribution >= 4 is 21.9 Å². The Morgan fingerprint density at radius 3 is 2.50 bits per heavy atom. The van der Waals surface area contributed by atoms with E-state index in [1.807, 2.05) is 0 Å². The van der Waals surface area contributed by atoms with Gasteiger partial charge in [0.1, 0.15) is 0 Å². The zero-order valence-corrected chi connectivity index (χ0v) is 10.5. The predicted molar refractivity (Wildman–Crippen MR) is 62.5 cm³/mol. The van der Waals surface area contributed by atoms with Gasteiger partial charge in [0.2, 0.25) is 0 Å². The average molecular weight is 240 g/mol. The maximum atomic E-state index is 10.4. The molecule has 0 aromatic carbocycles. The molecule has 86 valence electrons. The van der Waals surface area contributed by atoms with E-state index in [-0.39, 0.29) is 5.75 Å². The predicted octanol–water partition coefficient (Wildman–Crippen LogP) is 2.58. The van der Waals surface area contributed by atoms with Crippen molar-refractivity contribution in [3.8, 4) is 0 Å². The molecular weight excluding hydrogens is 220 g/mol. The van der Waals surface area contributed by atoms with Crippen molar-refractivity contribution < 1.29 is 13.0 Å². The maximum absolute atomic E-state index is 10.4. The zero-order valence-electron chi connectivity index (χ0n) is 8.90. The van der Waals surface area contributed by atoms with E-state index in [1.165, 1.54) is 19.3 Å². The number of hydrogen-bond donors (Lipinski definition) is 1. The van der Waals surface area contributed by atoms with Crippen LogP contribution in [0.15, 0.2) is 0 Å². The van der Waals surface area contributed by atoms with Crippen molar-refractivity contribution in [1.82, 2.24) is 0 Å². The largest absolute Gasteiger partial charge is 0.286 e. The molecule has 14 heavy (non-hydrogen) atoms. The fraction of sp³-hybridized carbons (Fsp3) is 1.00. The van der Waals surface area contributed by atoms with E-state index in [0.29, 0.717) is 11.7 Å². The first-order chi connectivity index (χ1) is 6.45. The molecule has 0 aliphatic rings. The lowest BCUT2D eigenvalue weighted by molar-refractivity contribution is 0.482. The molecule has 0 aliphatic carbocycles. The minimum absolute atomic E-state index is 0.111. The summed E-state index contributed by atoms with van der Waals surface area (Å²) >= 11 is 1.78. The zero-order chi connectivity index (χ0) is 11.0. The summed E-state index contributed by atoms with van der Waals surface area (Å²) in [5.41, 5.74) is 0. The third-order valence-corrected chi connectivity index (χ3v) is 4.05. The lowest BCUT2D eigenvalue weighted by Crippen LogP contribution is -2.06. The van der Waals surface area contributed by atoms with Gasteiger partial charge in [0.05, 0.1) is 5.75 Å². The highest BCUT2D eigenvalue weighted by molar-refractivity contribution is 7.99. The number of thioether (sulfide) groups is 1. The molecule has 0 aromatic rings. The van der Waals surface area contributed by atoms with E-state index in [0.717, 1.165) is 5.75 Å². The van der Waals surface area contributed by atoms with Crippen LogP contribution >= 0.6 is 11.8 Å². The third-order valence-electron chi connectivity index (χ3n) is 1.91. The van der Waals surface area contributed by atoms with Crippen LogP contribution in [0.1, 0.15) is 39.5 Å². The average Bonchev–Trinajstić information content (AvgIpc) is 2.07. The minimum Gasteiger partial charge on any atom is -0.286 e. The Labute approximate surface area is 91.4 Å². The molecule has 1 atom stereocenters. The Hall–Kier alpha value is 0.260. The highest BCUT2D eigenvalue weighted by atomic mass is 32.2. The van der Waals surface area contributed by atoms with Crippen LogP contribution in [-0.2, 0) is 10.1 Å². The monoisotopic (exact) mass is 240 g/mol. The molecule has 0 saturated carbocycles. The molecule has 0 rings (SSSR count). The summed E-state index contributed by atoms with van der Waals surface area (Å²) in [5, 5.41) is 0.594. The molecule has 0 aliphatic heterocycles. The molecule has 3 nitrogen and oxygen atoms in total. The summed E-state index contributed by atoms with van der Waals surface area (Å²) in [6, 6.07) is 0. The van der Waals surface area contributed by atoms with E-state index in [2.05, 4.69) is 13.8 Å². The highest BCUT2D eigenvalue weighted by Gasteiger charge is 2.05. The number of hydrogen-bond acceptors (Lipinski definition) is 3. The van der Waals surface area contributed by atoms with Crippen LogP contribution in [-0.4, -0.2) is 29.7 Å². The van der Waals surface area contributed by atoms with Gasteiger partial charge in [0.25, 0.3) is 10.1 Å². The first kappa shape index (κ1) is 14.3. The van der Waals surface area contributed by atoms with Crippen molar-refractivity contribution in [2.75, 3.05) is 11.5 Å². The van der Waals surface area contributed by atoms with Gasteiger partial charge >= 0.3 is 0 Å². The Balaban J connectivity index is 3.36. The summed E-state index contributed by atoms with van der Waals surface area (Å²) in [6.07, 6.45) is 4.16. The van der Waals surface area contributed by atoms with Crippen LogP contribution in [0.25, 0.3) is 0 Å². The van der Waals surface area contributed by atoms with Gasteiger partial charge in [-0.25, -0.2) is 0 Å². The van der Waals surface area contributed by atoms with Gasteiger partial charge in [0, 0.05) is 5.25 Å². The first-order valence-electron chi connectivity index (χ1n) is 5.02. The van der Waals surface area contributed by atoms with Crippen LogP contribution in [0, 0.1) is 0 Å². The van der Waals surface area contributed by atoms with Crippen LogP contribution in [0.5, 0.6) is 0 Å². The molecule has 5 heteroatoms. The molecule has 0 saturated heterocycles. The van der Waals surface area contributed by atoms with Gasteiger partial charge in [-0.05, 0) is 18.6 Å². The summed E-state index contributed by atoms with van der Waals surface area (Å²) < 4.78 is 29.3. The molecule has 0 bridgehead atoms. The Morgan fingerprint density at radius 1 is 1.36 bits per heavy atom. The van der Waals surface area contributed by atoms with Crippen molar-refractivity contribution in [1.29, 1.82) is 0 Å². The lowest BCUT2D eigenvalue weighted by Gasteiger charge is -2.09. The van der Waals surface area contributed by atoms with Crippen molar-refractivity contribution in [3.05, 3.63) is 0 Å². The van der Waals surface area contributed by atoms with E-state index in [1.54, 1.807) is 11.8 Å². The summed E-state index contributed by atoms with van der Waals surface area (Å²) in [5.74, 6) is 0.700. The molecule has 0 spiro atoms. The molecule has 0 aromatic heterocycles. The summed E-state index contributed by atoms with van der Waals surface area (Å²) in [6.45, 7) is 4.32. The van der Waals surface area contributed by atoms with Gasteiger partial charge < -0.3 is 0 Å². The molecule has 0 amide bonds. The molecule has 1 N–H and O–H groups in total. The normalized spacial score (nSPS) is 14.2. The van der Waals surface area contributed by atoms with Gasteiger partial charge in [-0.1, -0.05) is 26.7 Å². The first-order valence-corrected chi connectivity index (χ1v) is 7.68. The van der Waals surface area contributed by atoms with Crippen LogP contribution in [0.4, 0.5) is 0 Å². The van der Waals surface area contributed by atoms with Gasteiger partial charge in [-0.15, -0.1) is 0 Å². The quantitative estimate of drug-likeness (QED) is 0.523. The number of rotatable bonds is 8. The van der Waals surface area contributed by atoms with Gasteiger partial charge in [-0.2, -0.15) is 20.2 Å². The van der Waals surface area contributed by atoms with Crippen molar-refractivity contribution in [3.63, 3.8) is 0 Å². The van der Waals surface area contributed by atoms with Gasteiger partial charge in [0.15, 0.2) is 0 Å². The topological polar surface area (TPSA) is 54.4 Å². The number of unbranched alkanes of at least 4 members (excludes halogenated alkanes) is 1. The lowest BCUT2D eigenvalue weighted by atomic mass is 10.2. The van der Waals surface area contributed by atoms with Crippen molar-refractivity contribution in [2.24, 2.45) is 0 Å². The fourth-order valence-corrected chi connectivity index (χ4v) is 2.84. The SMILES string of the molecule is CCCCC(C)SCCCS(=O)(=O)O.